The Kier molecular flexibility index (Phi) is 6.85. The Hall–Kier alpha value is -0.540. The number of rotatable bonds is 6. The third kappa shape index (κ3) is 5.47. The maximum absolute atomic E-state index is 11.4. The van der Waals surface area contributed by atoms with Crippen molar-refractivity contribution < 1.29 is 8.42 Å². The molecule has 0 amide bonds. The average molecular weight is 383 g/mol. The number of benzene rings is 1. The van der Waals surface area contributed by atoms with E-state index >= 15 is 0 Å². The van der Waals surface area contributed by atoms with E-state index < -0.39 is 9.05 Å². The van der Waals surface area contributed by atoms with Crippen molar-refractivity contribution >= 4 is 19.7 Å². The van der Waals surface area contributed by atoms with Crippen LogP contribution in [0.15, 0.2) is 29.2 Å². The van der Waals surface area contributed by atoms with Gasteiger partial charge in [-0.1, -0.05) is 76.3 Å². The summed E-state index contributed by atoms with van der Waals surface area (Å²) in [6.07, 6.45) is 16.5. The van der Waals surface area contributed by atoms with Gasteiger partial charge in [-0.05, 0) is 48.3 Å². The highest BCUT2D eigenvalue weighted by molar-refractivity contribution is 8.13. The zero-order valence-electron chi connectivity index (χ0n) is 15.1. The molecule has 0 radical (unpaired) electrons. The normalized spacial score (nSPS) is 20.9. The van der Waals surface area contributed by atoms with Crippen LogP contribution in [-0.4, -0.2) is 8.42 Å². The minimum absolute atomic E-state index is 0.203. The SMILES string of the molecule is O=S(=O)(Cl)c1ccc(CCC(C2CCCCC2)C2CCCCC2)cc1. The van der Waals surface area contributed by atoms with Crippen molar-refractivity contribution in [1.82, 2.24) is 0 Å². The van der Waals surface area contributed by atoms with Crippen LogP contribution in [0.25, 0.3) is 0 Å². The highest BCUT2D eigenvalue weighted by Gasteiger charge is 2.31. The molecule has 0 unspecified atom stereocenters. The van der Waals surface area contributed by atoms with E-state index in [-0.39, 0.29) is 4.90 Å². The van der Waals surface area contributed by atoms with Crippen molar-refractivity contribution in [2.24, 2.45) is 17.8 Å². The zero-order valence-corrected chi connectivity index (χ0v) is 16.7. The van der Waals surface area contributed by atoms with E-state index in [9.17, 15) is 8.42 Å². The number of hydrogen-bond donors (Lipinski definition) is 0. The molecule has 2 saturated carbocycles. The Labute approximate surface area is 157 Å². The first-order valence-corrected chi connectivity index (χ1v) is 12.4. The summed E-state index contributed by atoms with van der Waals surface area (Å²) in [5.74, 6) is 2.69. The topological polar surface area (TPSA) is 34.1 Å². The van der Waals surface area contributed by atoms with Crippen molar-refractivity contribution in [3.63, 3.8) is 0 Å². The van der Waals surface area contributed by atoms with Crippen LogP contribution in [0.5, 0.6) is 0 Å². The predicted octanol–water partition coefficient (Wildman–Crippen LogP) is 6.32. The van der Waals surface area contributed by atoms with Gasteiger partial charge >= 0.3 is 0 Å². The maximum Gasteiger partial charge on any atom is 0.261 e. The summed E-state index contributed by atoms with van der Waals surface area (Å²) in [7, 11) is 1.80. The average Bonchev–Trinajstić information content (AvgIpc) is 2.63. The van der Waals surface area contributed by atoms with Crippen LogP contribution in [0.1, 0.15) is 76.2 Å². The van der Waals surface area contributed by atoms with Crippen LogP contribution in [0.2, 0.25) is 0 Å². The van der Waals surface area contributed by atoms with Crippen LogP contribution < -0.4 is 0 Å². The zero-order chi connectivity index (χ0) is 17.7. The van der Waals surface area contributed by atoms with E-state index in [0.717, 1.165) is 24.2 Å². The van der Waals surface area contributed by atoms with Gasteiger partial charge in [-0.3, -0.25) is 0 Å². The lowest BCUT2D eigenvalue weighted by molar-refractivity contribution is 0.135. The Morgan fingerprint density at radius 2 is 1.32 bits per heavy atom. The molecular formula is C21H31ClO2S. The standard InChI is InChI=1S/C21H31ClO2S/c22-25(23,24)20-14-11-17(12-15-20)13-16-21(18-7-3-1-4-8-18)19-9-5-2-6-10-19/h11-12,14-15,18-19,21H,1-10,13,16H2. The fraction of sp³-hybridized carbons (Fsp3) is 0.714. The second kappa shape index (κ2) is 8.90. The first-order chi connectivity index (χ1) is 12.0. The summed E-state index contributed by atoms with van der Waals surface area (Å²) < 4.78 is 22.8. The molecule has 1 aromatic carbocycles. The Morgan fingerprint density at radius 3 is 1.76 bits per heavy atom. The van der Waals surface area contributed by atoms with Gasteiger partial charge in [-0.25, -0.2) is 8.42 Å². The Morgan fingerprint density at radius 1 is 0.840 bits per heavy atom. The van der Waals surface area contributed by atoms with E-state index in [4.69, 9.17) is 10.7 Å². The quantitative estimate of drug-likeness (QED) is 0.539. The van der Waals surface area contributed by atoms with Crippen molar-refractivity contribution in [2.75, 3.05) is 0 Å². The number of hydrogen-bond acceptors (Lipinski definition) is 2. The molecule has 2 fully saturated rings. The molecule has 4 heteroatoms. The van der Waals surface area contributed by atoms with Gasteiger partial charge in [-0.15, -0.1) is 0 Å². The van der Waals surface area contributed by atoms with Crippen molar-refractivity contribution in [3.8, 4) is 0 Å². The molecule has 2 aliphatic rings. The summed E-state index contributed by atoms with van der Waals surface area (Å²) >= 11 is 0. The first kappa shape index (κ1) is 19.2. The molecule has 0 heterocycles. The molecule has 0 saturated heterocycles. The molecule has 140 valence electrons. The third-order valence-electron chi connectivity index (χ3n) is 6.48. The molecule has 0 atom stereocenters. The van der Waals surface area contributed by atoms with Gasteiger partial charge in [0.25, 0.3) is 9.05 Å². The van der Waals surface area contributed by atoms with Gasteiger partial charge in [0.15, 0.2) is 0 Å². The monoisotopic (exact) mass is 382 g/mol. The minimum atomic E-state index is -3.61. The fourth-order valence-electron chi connectivity index (χ4n) is 5.13. The van der Waals surface area contributed by atoms with E-state index in [1.54, 1.807) is 12.1 Å². The molecule has 1 aromatic rings. The van der Waals surface area contributed by atoms with Gasteiger partial charge in [0.2, 0.25) is 0 Å². The Bertz CT molecular complexity index is 608. The highest BCUT2D eigenvalue weighted by Crippen LogP contribution is 2.42. The lowest BCUT2D eigenvalue weighted by atomic mass is 9.68. The Balaban J connectivity index is 1.65. The molecule has 0 spiro atoms. The summed E-state index contributed by atoms with van der Waals surface area (Å²) in [6, 6.07) is 7.17. The molecule has 0 aliphatic heterocycles. The summed E-state index contributed by atoms with van der Waals surface area (Å²) in [4.78, 5) is 0.203. The lowest BCUT2D eigenvalue weighted by Gasteiger charge is -2.38. The maximum atomic E-state index is 11.4. The molecule has 25 heavy (non-hydrogen) atoms. The second-order valence-corrected chi connectivity index (χ2v) is 10.6. The van der Waals surface area contributed by atoms with Gasteiger partial charge < -0.3 is 0 Å². The van der Waals surface area contributed by atoms with Crippen LogP contribution in [-0.2, 0) is 15.5 Å². The number of halogens is 1. The molecule has 0 bridgehead atoms. The summed E-state index contributed by atoms with van der Waals surface area (Å²) in [5, 5.41) is 0. The summed E-state index contributed by atoms with van der Waals surface area (Å²) in [6.45, 7) is 0. The van der Waals surface area contributed by atoms with Crippen LogP contribution in [0.4, 0.5) is 0 Å². The van der Waals surface area contributed by atoms with Crippen molar-refractivity contribution in [2.45, 2.75) is 81.9 Å². The largest absolute Gasteiger partial charge is 0.261 e. The fourth-order valence-corrected chi connectivity index (χ4v) is 5.90. The second-order valence-electron chi connectivity index (χ2n) is 8.08. The van der Waals surface area contributed by atoms with E-state index in [2.05, 4.69) is 0 Å². The van der Waals surface area contributed by atoms with Crippen LogP contribution >= 0.6 is 10.7 Å². The predicted molar refractivity (Wildman–Crippen MR) is 104 cm³/mol. The first-order valence-electron chi connectivity index (χ1n) is 10.1. The van der Waals surface area contributed by atoms with Gasteiger partial charge in [0, 0.05) is 10.7 Å². The third-order valence-corrected chi connectivity index (χ3v) is 7.85. The van der Waals surface area contributed by atoms with E-state index in [1.807, 2.05) is 12.1 Å². The van der Waals surface area contributed by atoms with Crippen molar-refractivity contribution in [1.29, 1.82) is 0 Å². The van der Waals surface area contributed by atoms with Crippen LogP contribution in [0, 0.1) is 17.8 Å². The van der Waals surface area contributed by atoms with Crippen molar-refractivity contribution in [3.05, 3.63) is 29.8 Å². The number of aryl methyl sites for hydroxylation is 1. The smallest absolute Gasteiger partial charge is 0.207 e. The molecule has 2 aliphatic carbocycles. The minimum Gasteiger partial charge on any atom is -0.207 e. The molecule has 2 nitrogen and oxygen atoms in total. The summed E-state index contributed by atoms with van der Waals surface area (Å²) in [5.41, 5.74) is 1.24. The highest BCUT2D eigenvalue weighted by atomic mass is 35.7. The van der Waals surface area contributed by atoms with E-state index in [1.165, 1.54) is 76.2 Å². The molecule has 3 rings (SSSR count). The molecule has 0 aromatic heterocycles. The lowest BCUT2D eigenvalue weighted by Crippen LogP contribution is -2.27. The molecular weight excluding hydrogens is 352 g/mol. The van der Waals surface area contributed by atoms with Gasteiger partial charge in [-0.2, -0.15) is 0 Å². The van der Waals surface area contributed by atoms with Gasteiger partial charge in [0.05, 0.1) is 4.90 Å². The van der Waals surface area contributed by atoms with Crippen LogP contribution in [0.3, 0.4) is 0 Å². The molecule has 0 N–H and O–H groups in total. The van der Waals surface area contributed by atoms with E-state index in [0.29, 0.717) is 0 Å². The van der Waals surface area contributed by atoms with Gasteiger partial charge in [0.1, 0.15) is 0 Å².